The Morgan fingerprint density at radius 1 is 1.64 bits per heavy atom. The summed E-state index contributed by atoms with van der Waals surface area (Å²) in [6, 6.07) is 1.16. The molecule has 1 rings (SSSR count). The molecular weight excluding hydrogens is 187 g/mol. The highest BCUT2D eigenvalue weighted by Gasteiger charge is 1.96. The Kier molecular flexibility index (Phi) is 3.39. The van der Waals surface area contributed by atoms with Crippen molar-refractivity contribution >= 4 is 6.20 Å². The molecule has 1 aromatic rings. The maximum Gasteiger partial charge on any atom is 0.332 e. The number of allylic oxidation sites excluding steroid dienone is 1. The Bertz CT molecular complexity index is 445. The van der Waals surface area contributed by atoms with Crippen molar-refractivity contribution in [2.45, 2.75) is 19.8 Å². The summed E-state index contributed by atoms with van der Waals surface area (Å²) in [5, 5.41) is 0. The fourth-order valence-corrected chi connectivity index (χ4v) is 0.983. The van der Waals surface area contributed by atoms with E-state index in [-0.39, 0.29) is 12.2 Å². The number of nitrogens with one attached hydrogen (secondary N) is 1. The maximum absolute atomic E-state index is 13.0. The van der Waals surface area contributed by atoms with Crippen LogP contribution in [0.3, 0.4) is 0 Å². The number of halogens is 1. The van der Waals surface area contributed by atoms with Crippen molar-refractivity contribution in [3.8, 4) is 0 Å². The largest absolute Gasteiger partial charge is 0.332 e. The molecular formula is C9H11FN2O2. The number of hydrogen-bond acceptors (Lipinski definition) is 2. The lowest BCUT2D eigenvalue weighted by molar-refractivity contribution is 0.585. The highest BCUT2D eigenvalue weighted by atomic mass is 19.1. The number of hydrogen-bond donors (Lipinski definition) is 1. The van der Waals surface area contributed by atoms with Crippen LogP contribution in [0.25, 0.3) is 6.20 Å². The molecule has 0 aliphatic carbocycles. The van der Waals surface area contributed by atoms with Crippen molar-refractivity contribution in [2.75, 3.05) is 0 Å². The monoisotopic (exact) mass is 198 g/mol. The normalized spacial score (nSPS) is 11.7. The number of aromatic amines is 1. The average molecular weight is 198 g/mol. The van der Waals surface area contributed by atoms with Crippen LogP contribution in [0.4, 0.5) is 4.39 Å². The molecule has 0 unspecified atom stereocenters. The van der Waals surface area contributed by atoms with Crippen molar-refractivity contribution in [2.24, 2.45) is 0 Å². The average Bonchev–Trinajstić information content (AvgIpc) is 2.10. The second kappa shape index (κ2) is 4.55. The van der Waals surface area contributed by atoms with Crippen LogP contribution < -0.4 is 11.2 Å². The lowest BCUT2D eigenvalue weighted by atomic mass is 10.3. The molecule has 0 aromatic carbocycles. The topological polar surface area (TPSA) is 54.9 Å². The van der Waals surface area contributed by atoms with E-state index in [1.807, 2.05) is 11.9 Å². The molecule has 0 aliphatic rings. The molecule has 5 heteroatoms. The lowest BCUT2D eigenvalue weighted by Gasteiger charge is -1.97. The molecule has 0 saturated carbocycles. The van der Waals surface area contributed by atoms with Crippen LogP contribution in [0.15, 0.2) is 27.7 Å². The molecule has 1 aromatic heterocycles. The molecule has 0 fully saturated rings. The number of H-pyrrole nitrogens is 1. The van der Waals surface area contributed by atoms with Gasteiger partial charge in [0.25, 0.3) is 5.56 Å². The van der Waals surface area contributed by atoms with Gasteiger partial charge in [0.05, 0.1) is 0 Å². The van der Waals surface area contributed by atoms with Crippen molar-refractivity contribution in [3.05, 3.63) is 38.9 Å². The zero-order chi connectivity index (χ0) is 10.6. The summed E-state index contributed by atoms with van der Waals surface area (Å²) < 4.78 is 14.0. The first kappa shape index (κ1) is 10.4. The summed E-state index contributed by atoms with van der Waals surface area (Å²) in [7, 11) is 0. The van der Waals surface area contributed by atoms with Gasteiger partial charge in [-0.15, -0.1) is 0 Å². The van der Waals surface area contributed by atoms with Crippen LogP contribution in [-0.2, 0) is 0 Å². The van der Waals surface area contributed by atoms with Crippen molar-refractivity contribution < 1.29 is 4.39 Å². The summed E-state index contributed by atoms with van der Waals surface area (Å²) >= 11 is 0. The number of aromatic nitrogens is 2. The van der Waals surface area contributed by atoms with Crippen molar-refractivity contribution in [3.63, 3.8) is 0 Å². The Labute approximate surface area is 79.7 Å². The van der Waals surface area contributed by atoms with Gasteiger partial charge in [-0.25, -0.2) is 9.18 Å². The van der Waals surface area contributed by atoms with E-state index >= 15 is 0 Å². The fourth-order valence-electron chi connectivity index (χ4n) is 0.983. The van der Waals surface area contributed by atoms with Gasteiger partial charge in [-0.05, 0) is 6.42 Å². The summed E-state index contributed by atoms with van der Waals surface area (Å²) in [4.78, 5) is 23.8. The molecule has 14 heavy (non-hydrogen) atoms. The van der Waals surface area contributed by atoms with E-state index in [0.717, 1.165) is 16.8 Å². The molecule has 0 atom stereocenters. The van der Waals surface area contributed by atoms with E-state index in [1.165, 1.54) is 6.20 Å². The molecule has 0 aliphatic heterocycles. The maximum atomic E-state index is 13.0. The van der Waals surface area contributed by atoms with Crippen LogP contribution >= 0.6 is 0 Å². The zero-order valence-electron chi connectivity index (χ0n) is 7.79. The molecule has 1 heterocycles. The smallest absolute Gasteiger partial charge is 0.274 e. The Morgan fingerprint density at radius 3 is 2.93 bits per heavy atom. The van der Waals surface area contributed by atoms with E-state index in [0.29, 0.717) is 6.42 Å². The first-order valence-electron chi connectivity index (χ1n) is 4.31. The fraction of sp³-hybridized carbons (Fsp3) is 0.333. The lowest BCUT2D eigenvalue weighted by Crippen LogP contribution is -2.25. The minimum atomic E-state index is -0.635. The van der Waals surface area contributed by atoms with Gasteiger partial charge in [-0.2, -0.15) is 0 Å². The van der Waals surface area contributed by atoms with Gasteiger partial charge < -0.3 is 0 Å². The third-order valence-electron chi connectivity index (χ3n) is 1.62. The van der Waals surface area contributed by atoms with Crippen LogP contribution in [0.5, 0.6) is 0 Å². The van der Waals surface area contributed by atoms with Gasteiger partial charge >= 0.3 is 5.69 Å². The van der Waals surface area contributed by atoms with E-state index in [9.17, 15) is 14.0 Å². The second-order valence-electron chi connectivity index (χ2n) is 2.84. The molecule has 0 radical (unpaired) electrons. The molecule has 0 amide bonds. The predicted molar refractivity (Wildman–Crippen MR) is 51.6 cm³/mol. The van der Waals surface area contributed by atoms with Gasteiger partial charge in [-0.1, -0.05) is 6.92 Å². The van der Waals surface area contributed by atoms with E-state index in [2.05, 4.69) is 0 Å². The van der Waals surface area contributed by atoms with Gasteiger partial charge in [0.1, 0.15) is 5.83 Å². The number of nitrogens with zero attached hydrogens (tertiary/aromatic N) is 1. The third-order valence-corrected chi connectivity index (χ3v) is 1.62. The minimum Gasteiger partial charge on any atom is -0.274 e. The van der Waals surface area contributed by atoms with Gasteiger partial charge in [0.2, 0.25) is 0 Å². The molecule has 0 bridgehead atoms. The van der Waals surface area contributed by atoms with Crippen LogP contribution in [0.1, 0.15) is 19.8 Å². The summed E-state index contributed by atoms with van der Waals surface area (Å²) in [6.07, 6.45) is 3.25. The second-order valence-corrected chi connectivity index (χ2v) is 2.84. The highest BCUT2D eigenvalue weighted by molar-refractivity contribution is 5.25. The quantitative estimate of drug-likeness (QED) is 0.790. The van der Waals surface area contributed by atoms with E-state index in [4.69, 9.17) is 0 Å². The van der Waals surface area contributed by atoms with E-state index < -0.39 is 11.2 Å². The SMILES string of the molecule is CCC/C(F)=C\n1ccc(=O)[nH]c1=O. The van der Waals surface area contributed by atoms with Crippen LogP contribution in [-0.4, -0.2) is 9.55 Å². The molecule has 76 valence electrons. The zero-order valence-corrected chi connectivity index (χ0v) is 7.79. The van der Waals surface area contributed by atoms with Gasteiger partial charge in [0, 0.05) is 24.9 Å². The Hall–Kier alpha value is -1.65. The van der Waals surface area contributed by atoms with Crippen molar-refractivity contribution in [1.82, 2.24) is 9.55 Å². The molecule has 4 nitrogen and oxygen atoms in total. The standard InChI is InChI=1S/C9H11FN2O2/c1-2-3-7(10)6-12-5-4-8(13)11-9(12)14/h4-6H,2-3H2,1H3,(H,11,13,14)/b7-6+. The highest BCUT2D eigenvalue weighted by Crippen LogP contribution is 2.05. The van der Waals surface area contributed by atoms with Gasteiger partial charge in [0.15, 0.2) is 0 Å². The molecule has 1 N–H and O–H groups in total. The third kappa shape index (κ3) is 2.69. The summed E-state index contributed by atoms with van der Waals surface area (Å²) in [6.45, 7) is 1.84. The minimum absolute atomic E-state index is 0.283. The molecule has 0 saturated heterocycles. The Morgan fingerprint density at radius 2 is 2.36 bits per heavy atom. The van der Waals surface area contributed by atoms with E-state index in [1.54, 1.807) is 0 Å². The first-order valence-corrected chi connectivity index (χ1v) is 4.31. The molecule has 0 spiro atoms. The van der Waals surface area contributed by atoms with Crippen molar-refractivity contribution in [1.29, 1.82) is 0 Å². The van der Waals surface area contributed by atoms with Crippen LogP contribution in [0, 0.1) is 0 Å². The summed E-state index contributed by atoms with van der Waals surface area (Å²) in [5.41, 5.74) is -1.13. The number of rotatable bonds is 3. The first-order chi connectivity index (χ1) is 6.63. The van der Waals surface area contributed by atoms with Gasteiger partial charge in [-0.3, -0.25) is 14.3 Å². The Balaban J connectivity index is 3.03. The summed E-state index contributed by atoms with van der Waals surface area (Å²) in [5.74, 6) is -0.387. The predicted octanol–water partition coefficient (Wildman–Crippen LogP) is 1.10. The van der Waals surface area contributed by atoms with Crippen LogP contribution in [0.2, 0.25) is 0 Å².